The molecule has 10 heteroatoms. The maximum Gasteiger partial charge on any atom is 0.408 e. The van der Waals surface area contributed by atoms with Gasteiger partial charge in [0.05, 0.1) is 12.2 Å². The summed E-state index contributed by atoms with van der Waals surface area (Å²) in [5.74, 6) is 0.842. The molecule has 1 N–H and O–H groups in total. The average Bonchev–Trinajstić information content (AvgIpc) is 3.36. The minimum Gasteiger partial charge on any atom is -0.487 e. The van der Waals surface area contributed by atoms with Crippen molar-refractivity contribution in [1.82, 2.24) is 15.1 Å². The summed E-state index contributed by atoms with van der Waals surface area (Å²) in [6.07, 6.45) is 2.30. The lowest BCUT2D eigenvalue weighted by atomic mass is 9.70. The number of fused-ring (bicyclic) bond motifs is 4. The van der Waals surface area contributed by atoms with Crippen molar-refractivity contribution in [2.45, 2.75) is 103 Å². The molecule has 3 amide bonds. The van der Waals surface area contributed by atoms with Crippen molar-refractivity contribution < 1.29 is 28.6 Å². The van der Waals surface area contributed by atoms with Crippen molar-refractivity contribution in [2.75, 3.05) is 19.6 Å². The zero-order chi connectivity index (χ0) is 29.0. The number of nitrogens with zero attached hydrogens (tertiary/aromatic N) is 2. The molecule has 4 aliphatic rings. The molecule has 3 saturated heterocycles. The highest BCUT2D eigenvalue weighted by molar-refractivity contribution is 6.30. The summed E-state index contributed by atoms with van der Waals surface area (Å²) in [6.45, 7) is 12.8. The number of benzene rings is 1. The van der Waals surface area contributed by atoms with Gasteiger partial charge in [-0.2, -0.15) is 0 Å². The molecule has 0 radical (unpaired) electrons. The third-order valence-corrected chi connectivity index (χ3v) is 8.92. The fourth-order valence-corrected chi connectivity index (χ4v) is 6.95. The Morgan fingerprint density at radius 2 is 1.93 bits per heavy atom. The number of halogens is 1. The van der Waals surface area contributed by atoms with Gasteiger partial charge >= 0.3 is 6.09 Å². The number of piperidine rings is 1. The molecule has 0 aliphatic carbocycles. The van der Waals surface area contributed by atoms with Gasteiger partial charge in [0.2, 0.25) is 11.8 Å². The molecule has 9 nitrogen and oxygen atoms in total. The highest BCUT2D eigenvalue weighted by Crippen LogP contribution is 2.53. The number of likely N-dealkylation sites (tertiary alicyclic amines) is 2. The van der Waals surface area contributed by atoms with E-state index >= 15 is 0 Å². The Bertz CT molecular complexity index is 1170. The fraction of sp³-hybridized carbons (Fsp3) is 0.700. The van der Waals surface area contributed by atoms with Gasteiger partial charge in [0.1, 0.15) is 29.0 Å². The van der Waals surface area contributed by atoms with Gasteiger partial charge in [0, 0.05) is 42.1 Å². The minimum atomic E-state index is -0.789. The van der Waals surface area contributed by atoms with Crippen molar-refractivity contribution in [1.29, 1.82) is 0 Å². The number of amides is 3. The standard InChI is InChI=1S/C30H42ClN3O6/c1-17(32-28(37)40-29(2,3)4)26(35)34-12-7-8-22(34)27(36)33-13-11-23-18(16-33)14-21-25(38-23)20-15-19(31)9-10-24(20)39-30(21,5)6/h9-10,15,17-18,21-23,25H,7-8,11-14,16H2,1-6H3,(H,32,37)/t17-,18+,21-,22+,23-,25+/m1/s1. The third kappa shape index (κ3) is 5.77. The monoisotopic (exact) mass is 575 g/mol. The normalized spacial score (nSPS) is 29.8. The summed E-state index contributed by atoms with van der Waals surface area (Å²) in [7, 11) is 0. The van der Waals surface area contributed by atoms with Gasteiger partial charge < -0.3 is 29.3 Å². The van der Waals surface area contributed by atoms with Crippen molar-refractivity contribution in [3.8, 4) is 5.75 Å². The van der Waals surface area contributed by atoms with Gasteiger partial charge in [0.15, 0.2) is 0 Å². The van der Waals surface area contributed by atoms with E-state index in [9.17, 15) is 14.4 Å². The van der Waals surface area contributed by atoms with Crippen LogP contribution in [0.2, 0.25) is 5.02 Å². The Kier molecular flexibility index (Phi) is 7.76. The Morgan fingerprint density at radius 1 is 1.18 bits per heavy atom. The van der Waals surface area contributed by atoms with Crippen LogP contribution in [0.5, 0.6) is 5.75 Å². The first-order valence-corrected chi connectivity index (χ1v) is 14.8. The zero-order valence-corrected chi connectivity index (χ0v) is 25.1. The molecule has 4 aliphatic heterocycles. The summed E-state index contributed by atoms with van der Waals surface area (Å²) in [5.41, 5.74) is -0.0825. The Morgan fingerprint density at radius 3 is 2.65 bits per heavy atom. The quantitative estimate of drug-likeness (QED) is 0.561. The van der Waals surface area contributed by atoms with Crippen molar-refractivity contribution in [3.63, 3.8) is 0 Å². The van der Waals surface area contributed by atoms with E-state index in [1.807, 2.05) is 23.1 Å². The van der Waals surface area contributed by atoms with Crippen molar-refractivity contribution in [3.05, 3.63) is 28.8 Å². The molecule has 0 unspecified atom stereocenters. The molecule has 4 heterocycles. The predicted molar refractivity (Wildman–Crippen MR) is 150 cm³/mol. The number of hydrogen-bond acceptors (Lipinski definition) is 6. The first-order valence-electron chi connectivity index (χ1n) is 14.5. The summed E-state index contributed by atoms with van der Waals surface area (Å²) in [6, 6.07) is 4.41. The molecule has 0 spiro atoms. The maximum absolute atomic E-state index is 13.8. The summed E-state index contributed by atoms with van der Waals surface area (Å²) in [4.78, 5) is 42.8. The van der Waals surface area contributed by atoms with E-state index in [-0.39, 0.29) is 35.9 Å². The van der Waals surface area contributed by atoms with E-state index in [1.54, 1.807) is 32.6 Å². The van der Waals surface area contributed by atoms with E-state index < -0.39 is 29.4 Å². The zero-order valence-electron chi connectivity index (χ0n) is 24.4. The molecule has 5 rings (SSSR count). The molecule has 3 fully saturated rings. The molecular formula is C30H42ClN3O6. The summed E-state index contributed by atoms with van der Waals surface area (Å²) >= 11 is 6.33. The topological polar surface area (TPSA) is 97.4 Å². The maximum atomic E-state index is 13.8. The van der Waals surface area contributed by atoms with E-state index in [0.717, 1.165) is 30.6 Å². The van der Waals surface area contributed by atoms with Crippen LogP contribution in [0.4, 0.5) is 4.79 Å². The molecule has 0 aromatic heterocycles. The second-order valence-electron chi connectivity index (χ2n) is 13.2. The lowest BCUT2D eigenvalue weighted by Gasteiger charge is -2.53. The number of rotatable bonds is 3. The first kappa shape index (κ1) is 29.0. The number of hydrogen-bond donors (Lipinski definition) is 1. The smallest absolute Gasteiger partial charge is 0.408 e. The molecule has 220 valence electrons. The number of ether oxygens (including phenoxy) is 3. The van der Waals surface area contributed by atoms with Crippen LogP contribution >= 0.6 is 11.6 Å². The molecular weight excluding hydrogens is 534 g/mol. The van der Waals surface area contributed by atoms with Crippen molar-refractivity contribution >= 4 is 29.5 Å². The van der Waals surface area contributed by atoms with Gasteiger partial charge in [-0.15, -0.1) is 0 Å². The van der Waals surface area contributed by atoms with E-state index in [4.69, 9.17) is 25.8 Å². The van der Waals surface area contributed by atoms with Gasteiger partial charge in [-0.25, -0.2) is 4.79 Å². The minimum absolute atomic E-state index is 0.0211. The second-order valence-corrected chi connectivity index (χ2v) is 13.7. The number of carbonyl (C=O) groups excluding carboxylic acids is 3. The summed E-state index contributed by atoms with van der Waals surface area (Å²) in [5, 5.41) is 3.29. The molecule has 1 aromatic rings. The van der Waals surface area contributed by atoms with E-state index in [0.29, 0.717) is 31.1 Å². The van der Waals surface area contributed by atoms with Gasteiger partial charge in [-0.3, -0.25) is 9.59 Å². The van der Waals surface area contributed by atoms with E-state index in [2.05, 4.69) is 19.2 Å². The molecule has 40 heavy (non-hydrogen) atoms. The van der Waals surface area contributed by atoms with Gasteiger partial charge in [-0.05, 0) is 85.4 Å². The largest absolute Gasteiger partial charge is 0.487 e. The lowest BCUT2D eigenvalue weighted by molar-refractivity contribution is -0.189. The van der Waals surface area contributed by atoms with Crippen LogP contribution in [0.15, 0.2) is 18.2 Å². The average molecular weight is 576 g/mol. The second kappa shape index (κ2) is 10.7. The Balaban J connectivity index is 1.24. The molecule has 0 saturated carbocycles. The Hall–Kier alpha value is -2.52. The van der Waals surface area contributed by atoms with Crippen LogP contribution < -0.4 is 10.1 Å². The third-order valence-electron chi connectivity index (χ3n) is 8.69. The number of alkyl carbamates (subject to hydrolysis) is 1. The highest BCUT2D eigenvalue weighted by atomic mass is 35.5. The van der Waals surface area contributed by atoms with Gasteiger partial charge in [0.25, 0.3) is 0 Å². The van der Waals surface area contributed by atoms with Crippen LogP contribution in [-0.4, -0.2) is 76.7 Å². The SMILES string of the molecule is C[C@@H](NC(=O)OC(C)(C)C)C(=O)N1CCC[C@H]1C(=O)N1CC[C@H]2O[C@H]3c4cc(Cl)ccc4OC(C)(C)[C@@H]3C[C@H]2C1. The summed E-state index contributed by atoms with van der Waals surface area (Å²) < 4.78 is 18.4. The molecule has 0 bridgehead atoms. The number of carbonyl (C=O) groups is 3. The highest BCUT2D eigenvalue weighted by Gasteiger charge is 2.52. The first-order chi connectivity index (χ1) is 18.7. The fourth-order valence-electron chi connectivity index (χ4n) is 6.77. The van der Waals surface area contributed by atoms with E-state index in [1.165, 1.54) is 0 Å². The van der Waals surface area contributed by atoms with Gasteiger partial charge in [-0.1, -0.05) is 11.6 Å². The Labute approximate surface area is 241 Å². The van der Waals surface area contributed by atoms with Crippen LogP contribution in [0.1, 0.15) is 78.9 Å². The number of nitrogens with one attached hydrogen (secondary N) is 1. The van der Waals surface area contributed by atoms with Crippen LogP contribution in [0.25, 0.3) is 0 Å². The van der Waals surface area contributed by atoms with Crippen LogP contribution in [0.3, 0.4) is 0 Å². The van der Waals surface area contributed by atoms with Crippen LogP contribution in [-0.2, 0) is 19.1 Å². The predicted octanol–water partition coefficient (Wildman–Crippen LogP) is 4.71. The lowest BCUT2D eigenvalue weighted by Crippen LogP contribution is -2.58. The van der Waals surface area contributed by atoms with Crippen LogP contribution in [0, 0.1) is 11.8 Å². The molecule has 1 aromatic carbocycles. The van der Waals surface area contributed by atoms with Crippen molar-refractivity contribution in [2.24, 2.45) is 11.8 Å². The molecule has 6 atom stereocenters.